The number of rotatable bonds is 13. The smallest absolute Gasteiger partial charge is 0.303 e. The van der Waals surface area contributed by atoms with Crippen LogP contribution in [0.2, 0.25) is 0 Å². The molecule has 0 aliphatic carbocycles. The van der Waals surface area contributed by atoms with E-state index < -0.39 is 36.7 Å². The lowest BCUT2D eigenvalue weighted by Crippen LogP contribution is -2.46. The molecule has 0 radical (unpaired) electrons. The molecule has 1 saturated heterocycles. The average molecular weight is 349 g/mol. The summed E-state index contributed by atoms with van der Waals surface area (Å²) in [6.07, 6.45) is 3.71. The van der Waals surface area contributed by atoms with Crippen molar-refractivity contribution in [3.05, 3.63) is 0 Å². The number of hydrogen-bond acceptors (Lipinski definition) is 7. The summed E-state index contributed by atoms with van der Waals surface area (Å²) in [7, 11) is 0. The normalized spacial score (nSPS) is 29.9. The van der Waals surface area contributed by atoms with E-state index in [9.17, 15) is 20.1 Å². The van der Waals surface area contributed by atoms with Gasteiger partial charge in [0.15, 0.2) is 0 Å². The van der Waals surface area contributed by atoms with Crippen molar-refractivity contribution in [2.24, 2.45) is 0 Å². The lowest BCUT2D eigenvalue weighted by Gasteiger charge is -2.22. The summed E-state index contributed by atoms with van der Waals surface area (Å²) in [6, 6.07) is 0. The lowest BCUT2D eigenvalue weighted by molar-refractivity contribution is -0.245. The van der Waals surface area contributed by atoms with Crippen molar-refractivity contribution in [1.29, 1.82) is 0 Å². The largest absolute Gasteiger partial charge is 0.481 e. The van der Waals surface area contributed by atoms with E-state index in [1.807, 2.05) is 0 Å². The molecule has 0 amide bonds. The fourth-order valence-electron chi connectivity index (χ4n) is 2.82. The molecular weight excluding hydrogens is 318 g/mol. The number of aliphatic hydroxyl groups excluding tert-OH is 3. The van der Waals surface area contributed by atoms with Gasteiger partial charge in [0.2, 0.25) is 5.79 Å². The van der Waals surface area contributed by atoms with E-state index in [1.54, 1.807) is 0 Å². The van der Waals surface area contributed by atoms with Crippen LogP contribution in [-0.2, 0) is 9.53 Å². The molecule has 6 N–H and O–H groups in total. The molecule has 0 saturated carbocycles. The van der Waals surface area contributed by atoms with Gasteiger partial charge in [-0.25, -0.2) is 0 Å². The van der Waals surface area contributed by atoms with Crippen LogP contribution in [0.3, 0.4) is 0 Å². The van der Waals surface area contributed by atoms with Crippen LogP contribution in [0, 0.1) is 0 Å². The third-order valence-electron chi connectivity index (χ3n) is 4.34. The number of carboxylic acid groups (broad SMARTS) is 1. The zero-order chi connectivity index (χ0) is 18.0. The van der Waals surface area contributed by atoms with Gasteiger partial charge in [-0.3, -0.25) is 4.79 Å². The number of aliphatic carboxylic acids is 1. The van der Waals surface area contributed by atoms with Crippen molar-refractivity contribution in [3.8, 4) is 0 Å². The predicted molar refractivity (Wildman–Crippen MR) is 86.4 cm³/mol. The first-order chi connectivity index (χ1) is 11.4. The maximum absolute atomic E-state index is 10.3. The van der Waals surface area contributed by atoms with Gasteiger partial charge < -0.3 is 35.6 Å². The summed E-state index contributed by atoms with van der Waals surface area (Å²) < 4.78 is 5.12. The SMILES string of the molecule is O=C(O)CCCCCCCCCNC[C@@H]1O[C@](O)(CO)[C@@H](O)[C@@H]1O. The van der Waals surface area contributed by atoms with Gasteiger partial charge in [-0.1, -0.05) is 32.1 Å². The van der Waals surface area contributed by atoms with Crippen LogP contribution in [0.5, 0.6) is 0 Å². The quantitative estimate of drug-likeness (QED) is 0.247. The first kappa shape index (κ1) is 21.3. The molecule has 1 rings (SSSR count). The molecule has 4 atom stereocenters. The van der Waals surface area contributed by atoms with Crippen molar-refractivity contribution in [3.63, 3.8) is 0 Å². The Balaban J connectivity index is 1.97. The molecule has 0 aromatic heterocycles. The number of carbonyl (C=O) groups is 1. The highest BCUT2D eigenvalue weighted by molar-refractivity contribution is 5.66. The van der Waals surface area contributed by atoms with Gasteiger partial charge in [0.05, 0.1) is 6.61 Å². The number of nitrogens with one attached hydrogen (secondary N) is 1. The van der Waals surface area contributed by atoms with Gasteiger partial charge in [-0.15, -0.1) is 0 Å². The van der Waals surface area contributed by atoms with Gasteiger partial charge >= 0.3 is 5.97 Å². The Bertz CT molecular complexity index is 368. The van der Waals surface area contributed by atoms with Crippen molar-refractivity contribution in [2.75, 3.05) is 19.7 Å². The Morgan fingerprint density at radius 2 is 1.62 bits per heavy atom. The highest BCUT2D eigenvalue weighted by Gasteiger charge is 2.52. The van der Waals surface area contributed by atoms with E-state index in [1.165, 1.54) is 0 Å². The van der Waals surface area contributed by atoms with Crippen molar-refractivity contribution >= 4 is 5.97 Å². The fourth-order valence-corrected chi connectivity index (χ4v) is 2.82. The summed E-state index contributed by atoms with van der Waals surface area (Å²) in [6.45, 7) is 0.253. The molecule has 24 heavy (non-hydrogen) atoms. The number of aliphatic hydroxyl groups is 4. The first-order valence-corrected chi connectivity index (χ1v) is 8.70. The molecule has 0 aromatic rings. The molecule has 8 nitrogen and oxygen atoms in total. The van der Waals surface area contributed by atoms with Crippen molar-refractivity contribution in [1.82, 2.24) is 5.32 Å². The molecule has 8 heteroatoms. The minimum absolute atomic E-state index is 0.249. The van der Waals surface area contributed by atoms with Crippen molar-refractivity contribution < 1.29 is 35.1 Å². The van der Waals surface area contributed by atoms with Crippen LogP contribution in [0.1, 0.15) is 51.4 Å². The third-order valence-corrected chi connectivity index (χ3v) is 4.34. The highest BCUT2D eigenvalue weighted by Crippen LogP contribution is 2.28. The average Bonchev–Trinajstić information content (AvgIpc) is 2.77. The van der Waals surface area contributed by atoms with Crippen LogP contribution >= 0.6 is 0 Å². The standard InChI is InChI=1S/C16H31NO7/c18-11-16(23)15(22)14(21)12(24-16)10-17-9-7-5-3-1-2-4-6-8-13(19)20/h12,14-15,17-18,21-23H,1-11H2,(H,19,20)/t12-,14+,15-,16+/m0/s1. The van der Waals surface area contributed by atoms with E-state index >= 15 is 0 Å². The predicted octanol–water partition coefficient (Wildman–Crippen LogP) is -0.417. The molecule has 0 aromatic carbocycles. The monoisotopic (exact) mass is 349 g/mol. The summed E-state index contributed by atoms with van der Waals surface area (Å²) in [5.74, 6) is -2.82. The first-order valence-electron chi connectivity index (χ1n) is 8.70. The second kappa shape index (κ2) is 11.0. The molecule has 1 aliphatic rings. The summed E-state index contributed by atoms with van der Waals surface area (Å²) in [5, 5.41) is 49.8. The van der Waals surface area contributed by atoms with Crippen LogP contribution in [0.4, 0.5) is 0 Å². The second-order valence-corrected chi connectivity index (χ2v) is 6.42. The molecule has 1 aliphatic heterocycles. The van der Waals surface area contributed by atoms with Gasteiger partial charge in [0.1, 0.15) is 18.3 Å². The van der Waals surface area contributed by atoms with Gasteiger partial charge in [0.25, 0.3) is 0 Å². The topological polar surface area (TPSA) is 139 Å². The Labute approximate surface area is 142 Å². The van der Waals surface area contributed by atoms with E-state index in [-0.39, 0.29) is 13.0 Å². The van der Waals surface area contributed by atoms with E-state index in [0.29, 0.717) is 0 Å². The van der Waals surface area contributed by atoms with Crippen LogP contribution < -0.4 is 5.32 Å². The Morgan fingerprint density at radius 1 is 1.04 bits per heavy atom. The van der Waals surface area contributed by atoms with Crippen molar-refractivity contribution in [2.45, 2.75) is 75.5 Å². The summed E-state index contributed by atoms with van der Waals surface area (Å²) in [4.78, 5) is 10.3. The lowest BCUT2D eigenvalue weighted by atomic mass is 10.1. The fraction of sp³-hybridized carbons (Fsp3) is 0.938. The minimum Gasteiger partial charge on any atom is -0.481 e. The molecule has 1 fully saturated rings. The molecule has 142 valence electrons. The van der Waals surface area contributed by atoms with Crippen LogP contribution in [0.15, 0.2) is 0 Å². The Hall–Kier alpha value is -0.770. The Kier molecular flexibility index (Phi) is 9.72. The summed E-state index contributed by atoms with van der Waals surface area (Å²) >= 11 is 0. The molecule has 1 heterocycles. The number of hydrogen-bond donors (Lipinski definition) is 6. The Morgan fingerprint density at radius 3 is 2.17 bits per heavy atom. The van der Waals surface area contributed by atoms with E-state index in [2.05, 4.69) is 5.32 Å². The molecule has 0 unspecified atom stereocenters. The van der Waals surface area contributed by atoms with Gasteiger partial charge in [-0.05, 0) is 19.4 Å². The van der Waals surface area contributed by atoms with Crippen LogP contribution in [-0.4, -0.2) is 75.3 Å². The molecule has 0 bridgehead atoms. The highest BCUT2D eigenvalue weighted by atomic mass is 16.7. The van der Waals surface area contributed by atoms with E-state index in [4.69, 9.17) is 14.9 Å². The molecule has 0 spiro atoms. The third kappa shape index (κ3) is 7.00. The van der Waals surface area contributed by atoms with Gasteiger partial charge in [0, 0.05) is 13.0 Å². The maximum Gasteiger partial charge on any atom is 0.303 e. The second-order valence-electron chi connectivity index (χ2n) is 6.42. The number of ether oxygens (including phenoxy) is 1. The zero-order valence-corrected chi connectivity index (χ0v) is 14.1. The maximum atomic E-state index is 10.3. The van der Waals surface area contributed by atoms with Gasteiger partial charge in [-0.2, -0.15) is 0 Å². The summed E-state index contributed by atoms with van der Waals surface area (Å²) in [5.41, 5.74) is 0. The zero-order valence-electron chi connectivity index (χ0n) is 14.1. The number of unbranched alkanes of at least 4 members (excludes halogenated alkanes) is 6. The minimum atomic E-state index is -2.09. The molecular formula is C16H31NO7. The number of carboxylic acids is 1. The van der Waals surface area contributed by atoms with E-state index in [0.717, 1.165) is 51.5 Å². The van der Waals surface area contributed by atoms with Crippen LogP contribution in [0.25, 0.3) is 0 Å².